The molecule has 0 unspecified atom stereocenters. The van der Waals surface area contributed by atoms with Gasteiger partial charge in [0.25, 0.3) is 10.1 Å². The highest BCUT2D eigenvalue weighted by molar-refractivity contribution is 7.85. The lowest BCUT2D eigenvalue weighted by atomic mass is 10.0. The van der Waals surface area contributed by atoms with Crippen molar-refractivity contribution in [3.63, 3.8) is 0 Å². The van der Waals surface area contributed by atoms with Crippen molar-refractivity contribution >= 4 is 27.0 Å². The fourth-order valence-corrected chi connectivity index (χ4v) is 3.91. The Morgan fingerprint density at radius 1 is 1.23 bits per heavy atom. The molecule has 0 aliphatic heterocycles. The predicted octanol–water partition coefficient (Wildman–Crippen LogP) is 2.84. The van der Waals surface area contributed by atoms with E-state index in [4.69, 9.17) is 8.92 Å². The average Bonchev–Trinajstić information content (AvgIpc) is 3.44. The first kappa shape index (κ1) is 22.3. The van der Waals surface area contributed by atoms with Gasteiger partial charge in [0.05, 0.1) is 30.4 Å². The van der Waals surface area contributed by atoms with Crippen molar-refractivity contribution in [1.82, 2.24) is 4.57 Å². The summed E-state index contributed by atoms with van der Waals surface area (Å²) in [7, 11) is -3.63. The van der Waals surface area contributed by atoms with Gasteiger partial charge in [-0.1, -0.05) is 0 Å². The number of benzene rings is 1. The summed E-state index contributed by atoms with van der Waals surface area (Å²) in [4.78, 5) is 24.9. The second kappa shape index (κ2) is 8.03. The highest BCUT2D eigenvalue weighted by atomic mass is 32.2. The van der Waals surface area contributed by atoms with Crippen LogP contribution in [0.3, 0.4) is 0 Å². The highest BCUT2D eigenvalue weighted by Crippen LogP contribution is 2.49. The quantitative estimate of drug-likeness (QED) is 0.268. The summed E-state index contributed by atoms with van der Waals surface area (Å²) in [5, 5.41) is -0.476. The van der Waals surface area contributed by atoms with Crippen molar-refractivity contribution in [2.24, 2.45) is 0 Å². The molecule has 11 heteroatoms. The van der Waals surface area contributed by atoms with E-state index in [-0.39, 0.29) is 19.6 Å². The molecule has 1 aliphatic carbocycles. The summed E-state index contributed by atoms with van der Waals surface area (Å²) >= 11 is 0. The lowest BCUT2D eigenvalue weighted by molar-refractivity contribution is 0.0523. The fraction of sp³-hybridized carbons (Fsp3) is 0.474. The number of hydrogen-bond donors (Lipinski definition) is 0. The number of carbonyl (C=O) groups is 1. The first-order valence-corrected chi connectivity index (χ1v) is 11.1. The van der Waals surface area contributed by atoms with Gasteiger partial charge in [-0.15, -0.1) is 0 Å². The van der Waals surface area contributed by atoms with Crippen LogP contribution in [0.5, 0.6) is 0 Å². The van der Waals surface area contributed by atoms with E-state index in [0.717, 1.165) is 12.5 Å². The second-order valence-corrected chi connectivity index (χ2v) is 8.84. The Balaban J connectivity index is 2.13. The number of hydrogen-bond acceptors (Lipinski definition) is 6. The molecule has 3 rings (SSSR count). The van der Waals surface area contributed by atoms with Gasteiger partial charge < -0.3 is 9.30 Å². The summed E-state index contributed by atoms with van der Waals surface area (Å²) in [5.41, 5.74) is -2.63. The van der Waals surface area contributed by atoms with E-state index in [9.17, 15) is 31.2 Å². The smallest absolute Gasteiger partial charge is 0.343 e. The molecule has 164 valence electrons. The van der Waals surface area contributed by atoms with Crippen LogP contribution in [0.15, 0.2) is 17.1 Å². The van der Waals surface area contributed by atoms with Gasteiger partial charge in [0, 0.05) is 11.7 Å². The zero-order valence-corrected chi connectivity index (χ0v) is 17.2. The molecule has 2 aromatic rings. The lowest BCUT2D eigenvalue weighted by Gasteiger charge is -2.23. The minimum Gasteiger partial charge on any atom is -0.462 e. The van der Waals surface area contributed by atoms with Crippen molar-refractivity contribution < 1.29 is 35.3 Å². The van der Waals surface area contributed by atoms with E-state index in [1.807, 2.05) is 0 Å². The van der Waals surface area contributed by atoms with Crippen molar-refractivity contribution in [2.75, 3.05) is 19.5 Å². The van der Waals surface area contributed by atoms with Gasteiger partial charge in [-0.3, -0.25) is 8.98 Å². The first-order chi connectivity index (χ1) is 14.0. The average molecular weight is 447 g/mol. The van der Waals surface area contributed by atoms with Gasteiger partial charge in [-0.2, -0.15) is 8.42 Å². The third kappa shape index (κ3) is 4.22. The van der Waals surface area contributed by atoms with Crippen molar-refractivity contribution in [2.45, 2.75) is 38.1 Å². The van der Waals surface area contributed by atoms with E-state index in [1.165, 1.54) is 11.5 Å². The molecular formula is C19H20F3NO6S. The van der Waals surface area contributed by atoms with E-state index in [0.29, 0.717) is 25.3 Å². The van der Waals surface area contributed by atoms with Crippen LogP contribution in [0.1, 0.15) is 43.0 Å². The van der Waals surface area contributed by atoms with Crippen LogP contribution in [0.25, 0.3) is 10.9 Å². The fourth-order valence-electron chi connectivity index (χ4n) is 3.49. The first-order valence-electron chi connectivity index (χ1n) is 9.25. The largest absolute Gasteiger partial charge is 0.462 e. The number of pyridine rings is 1. The minimum absolute atomic E-state index is 0.0174. The molecule has 7 nitrogen and oxygen atoms in total. The van der Waals surface area contributed by atoms with Crippen molar-refractivity contribution in [1.29, 1.82) is 0 Å². The summed E-state index contributed by atoms with van der Waals surface area (Å²) < 4.78 is 75.5. The molecule has 1 aliphatic rings. The van der Waals surface area contributed by atoms with Crippen LogP contribution in [0.2, 0.25) is 0 Å². The molecule has 1 heterocycles. The van der Waals surface area contributed by atoms with Crippen LogP contribution in [0.4, 0.5) is 13.2 Å². The van der Waals surface area contributed by atoms with Crippen molar-refractivity contribution in [3.05, 3.63) is 45.5 Å². The third-order valence-electron chi connectivity index (χ3n) is 5.04. The van der Waals surface area contributed by atoms with Gasteiger partial charge in [-0.05, 0) is 38.7 Å². The van der Waals surface area contributed by atoms with Crippen LogP contribution in [-0.2, 0) is 24.6 Å². The van der Waals surface area contributed by atoms with Crippen LogP contribution < -0.4 is 5.43 Å². The zero-order chi connectivity index (χ0) is 22.3. The minimum atomic E-state index is -3.63. The standard InChI is InChI=1S/C19H20F3NO6S/c1-3-28-18(25)12-10-23(19(6-7-19)5-4-8-29-30(2,26)27)16-11(17(12)24)9-13(20)14(21)15(16)22/h9-10H,3-8H2,1-2H3. The Hall–Kier alpha value is -2.40. The summed E-state index contributed by atoms with van der Waals surface area (Å²) in [6.45, 7) is 1.40. The maximum absolute atomic E-state index is 14.7. The van der Waals surface area contributed by atoms with E-state index < -0.39 is 61.0 Å². The Bertz CT molecular complexity index is 1170. The Labute approximate surface area is 170 Å². The third-order valence-corrected chi connectivity index (χ3v) is 5.64. The number of aromatic nitrogens is 1. The summed E-state index contributed by atoms with van der Waals surface area (Å²) in [6, 6.07) is 0.568. The second-order valence-electron chi connectivity index (χ2n) is 7.20. The number of carbonyl (C=O) groups excluding carboxylic acids is 1. The number of halogens is 3. The van der Waals surface area contributed by atoms with Gasteiger partial charge in [0.1, 0.15) is 5.56 Å². The molecule has 0 amide bonds. The maximum Gasteiger partial charge on any atom is 0.343 e. The molecule has 30 heavy (non-hydrogen) atoms. The molecule has 0 N–H and O–H groups in total. The van der Waals surface area contributed by atoms with Crippen molar-refractivity contribution in [3.8, 4) is 0 Å². The van der Waals surface area contributed by atoms with Crippen LogP contribution >= 0.6 is 0 Å². The topological polar surface area (TPSA) is 91.7 Å². The van der Waals surface area contributed by atoms with Gasteiger partial charge in [-0.25, -0.2) is 18.0 Å². The van der Waals surface area contributed by atoms with Gasteiger partial charge in [0.2, 0.25) is 5.43 Å². The van der Waals surface area contributed by atoms with Crippen LogP contribution in [-0.4, -0.2) is 38.4 Å². The van der Waals surface area contributed by atoms with E-state index in [2.05, 4.69) is 0 Å². The Morgan fingerprint density at radius 3 is 2.47 bits per heavy atom. The van der Waals surface area contributed by atoms with Crippen LogP contribution in [0, 0.1) is 17.5 Å². The number of rotatable bonds is 8. The SMILES string of the molecule is CCOC(=O)c1cn(C2(CCCOS(C)(=O)=O)CC2)c2c(F)c(F)c(F)cc2c1=O. The predicted molar refractivity (Wildman–Crippen MR) is 101 cm³/mol. The molecule has 0 saturated heterocycles. The number of ether oxygens (including phenoxy) is 1. The molecule has 0 spiro atoms. The number of fused-ring (bicyclic) bond motifs is 1. The molecule has 0 atom stereocenters. The van der Waals surface area contributed by atoms with Gasteiger partial charge >= 0.3 is 5.97 Å². The molecule has 1 saturated carbocycles. The Morgan fingerprint density at radius 2 is 1.90 bits per heavy atom. The zero-order valence-electron chi connectivity index (χ0n) is 16.3. The van der Waals surface area contributed by atoms with E-state index in [1.54, 1.807) is 0 Å². The Kier molecular flexibility index (Phi) is 5.96. The monoisotopic (exact) mass is 447 g/mol. The maximum atomic E-state index is 14.7. The molecule has 1 fully saturated rings. The highest BCUT2D eigenvalue weighted by Gasteiger charge is 2.45. The van der Waals surface area contributed by atoms with E-state index >= 15 is 0 Å². The molecule has 0 radical (unpaired) electrons. The molecule has 1 aromatic carbocycles. The lowest BCUT2D eigenvalue weighted by Crippen LogP contribution is -2.27. The number of esters is 1. The molecule has 1 aromatic heterocycles. The normalized spacial score (nSPS) is 15.4. The number of nitrogens with zero attached hydrogens (tertiary/aromatic N) is 1. The summed E-state index contributed by atoms with van der Waals surface area (Å²) in [5.74, 6) is -5.76. The molecular weight excluding hydrogens is 427 g/mol. The van der Waals surface area contributed by atoms with Gasteiger partial charge in [0.15, 0.2) is 17.5 Å². The summed E-state index contributed by atoms with van der Waals surface area (Å²) in [6.07, 6.45) is 3.60. The molecule has 0 bridgehead atoms.